The van der Waals surface area contributed by atoms with Crippen LogP contribution in [0, 0.1) is 0 Å². The van der Waals surface area contributed by atoms with E-state index in [0.717, 1.165) is 6.54 Å². The Hall–Kier alpha value is -1.29. The van der Waals surface area contributed by atoms with Crippen LogP contribution in [0.1, 0.15) is 24.8 Å². The van der Waals surface area contributed by atoms with E-state index in [4.69, 9.17) is 0 Å². The molecule has 110 valence electrons. The molecule has 0 bridgehead atoms. The third-order valence-corrected chi connectivity index (χ3v) is 4.82. The molecule has 2 nitrogen and oxygen atoms in total. The molecular weight excluding hydrogens is 276 g/mol. The molecule has 0 spiro atoms. The van der Waals surface area contributed by atoms with Crippen LogP contribution >= 0.6 is 11.9 Å². The van der Waals surface area contributed by atoms with E-state index in [0.29, 0.717) is 0 Å². The SMILES string of the molecule is c1ccc(CN(Sc2ccccc2)N2CCCCC2)cc1. The molecule has 3 heteroatoms. The van der Waals surface area contributed by atoms with Gasteiger partial charge in [0.2, 0.25) is 0 Å². The Morgan fingerprint density at radius 1 is 0.810 bits per heavy atom. The van der Waals surface area contributed by atoms with Gasteiger partial charge in [-0.2, -0.15) is 4.41 Å². The standard InChI is InChI=1S/C18H22N2S/c1-4-10-17(11-5-1)16-20(19-14-8-3-9-15-19)21-18-12-6-2-7-13-18/h1-2,4-7,10-13H,3,8-9,14-16H2. The Morgan fingerprint density at radius 2 is 1.43 bits per heavy atom. The smallest absolute Gasteiger partial charge is 0.0501 e. The lowest BCUT2D eigenvalue weighted by atomic mass is 10.2. The van der Waals surface area contributed by atoms with Gasteiger partial charge in [-0.3, -0.25) is 0 Å². The molecule has 0 atom stereocenters. The number of nitrogens with zero attached hydrogens (tertiary/aromatic N) is 2. The topological polar surface area (TPSA) is 6.48 Å². The van der Waals surface area contributed by atoms with Crippen LogP contribution in [-0.4, -0.2) is 22.5 Å². The van der Waals surface area contributed by atoms with E-state index in [2.05, 4.69) is 70.1 Å². The zero-order valence-corrected chi connectivity index (χ0v) is 13.1. The molecule has 2 aromatic rings. The maximum absolute atomic E-state index is 2.51. The normalized spacial score (nSPS) is 16.2. The van der Waals surface area contributed by atoms with E-state index in [1.165, 1.54) is 42.8 Å². The number of rotatable bonds is 5. The van der Waals surface area contributed by atoms with Crippen molar-refractivity contribution in [3.8, 4) is 0 Å². The van der Waals surface area contributed by atoms with Crippen molar-refractivity contribution in [2.45, 2.75) is 30.7 Å². The second-order valence-corrected chi connectivity index (χ2v) is 6.49. The van der Waals surface area contributed by atoms with Gasteiger partial charge in [-0.25, -0.2) is 5.01 Å². The average Bonchev–Trinajstić information content (AvgIpc) is 2.57. The van der Waals surface area contributed by atoms with Crippen LogP contribution in [-0.2, 0) is 6.54 Å². The van der Waals surface area contributed by atoms with Crippen LogP contribution in [0.15, 0.2) is 65.6 Å². The molecule has 1 aliphatic heterocycles. The van der Waals surface area contributed by atoms with Crippen molar-refractivity contribution in [1.29, 1.82) is 0 Å². The fourth-order valence-corrected chi connectivity index (χ4v) is 3.65. The maximum atomic E-state index is 2.51. The lowest BCUT2D eigenvalue weighted by molar-refractivity contribution is 0.0437. The second-order valence-electron chi connectivity index (χ2n) is 5.41. The highest BCUT2D eigenvalue weighted by molar-refractivity contribution is 7.97. The Morgan fingerprint density at radius 3 is 2.10 bits per heavy atom. The van der Waals surface area contributed by atoms with Gasteiger partial charge in [0.05, 0.1) is 6.54 Å². The van der Waals surface area contributed by atoms with Gasteiger partial charge in [0.1, 0.15) is 0 Å². The average molecular weight is 298 g/mol. The van der Waals surface area contributed by atoms with E-state index in [1.807, 2.05) is 11.9 Å². The van der Waals surface area contributed by atoms with Gasteiger partial charge in [0, 0.05) is 18.0 Å². The quantitative estimate of drug-likeness (QED) is 0.745. The van der Waals surface area contributed by atoms with Crippen molar-refractivity contribution in [1.82, 2.24) is 9.42 Å². The molecule has 2 aromatic carbocycles. The Bertz CT molecular complexity index is 482. The molecule has 0 radical (unpaired) electrons. The summed E-state index contributed by atoms with van der Waals surface area (Å²) < 4.78 is 2.43. The predicted molar refractivity (Wildman–Crippen MR) is 89.7 cm³/mol. The Kier molecular flexibility index (Phi) is 5.33. The van der Waals surface area contributed by atoms with E-state index in [-0.39, 0.29) is 0 Å². The van der Waals surface area contributed by atoms with Crippen molar-refractivity contribution >= 4 is 11.9 Å². The van der Waals surface area contributed by atoms with E-state index >= 15 is 0 Å². The highest BCUT2D eigenvalue weighted by Crippen LogP contribution is 2.28. The second kappa shape index (κ2) is 7.64. The lowest BCUT2D eigenvalue weighted by Crippen LogP contribution is -2.41. The number of benzene rings is 2. The molecule has 1 heterocycles. The molecule has 1 fully saturated rings. The van der Waals surface area contributed by atoms with Gasteiger partial charge in [0.25, 0.3) is 0 Å². The van der Waals surface area contributed by atoms with Gasteiger partial charge >= 0.3 is 0 Å². The molecule has 1 saturated heterocycles. The minimum atomic E-state index is 0.959. The van der Waals surface area contributed by atoms with Crippen LogP contribution < -0.4 is 0 Å². The van der Waals surface area contributed by atoms with Crippen molar-refractivity contribution in [2.24, 2.45) is 0 Å². The summed E-state index contributed by atoms with van der Waals surface area (Å²) in [7, 11) is 0. The van der Waals surface area contributed by atoms with Crippen LogP contribution in [0.4, 0.5) is 0 Å². The molecule has 0 aromatic heterocycles. The Balaban J connectivity index is 1.73. The minimum absolute atomic E-state index is 0.959. The summed E-state index contributed by atoms with van der Waals surface area (Å²) in [6.07, 6.45) is 3.98. The fraction of sp³-hybridized carbons (Fsp3) is 0.333. The summed E-state index contributed by atoms with van der Waals surface area (Å²) >= 11 is 1.85. The molecule has 0 saturated carbocycles. The molecule has 3 rings (SSSR count). The first kappa shape index (κ1) is 14.6. The maximum Gasteiger partial charge on any atom is 0.0501 e. The van der Waals surface area contributed by atoms with Crippen LogP contribution in [0.25, 0.3) is 0 Å². The molecule has 0 N–H and O–H groups in total. The summed E-state index contributed by atoms with van der Waals surface area (Å²) in [6.45, 7) is 3.31. The molecule has 21 heavy (non-hydrogen) atoms. The zero-order valence-electron chi connectivity index (χ0n) is 12.3. The first-order valence-electron chi connectivity index (χ1n) is 7.71. The number of piperidine rings is 1. The fourth-order valence-electron chi connectivity index (χ4n) is 2.63. The highest BCUT2D eigenvalue weighted by Gasteiger charge is 2.19. The lowest BCUT2D eigenvalue weighted by Gasteiger charge is -2.36. The number of hydrogen-bond acceptors (Lipinski definition) is 3. The minimum Gasteiger partial charge on any atom is -0.231 e. The molecule has 1 aliphatic rings. The molecule has 0 aliphatic carbocycles. The van der Waals surface area contributed by atoms with Gasteiger partial charge < -0.3 is 0 Å². The third kappa shape index (κ3) is 4.34. The highest BCUT2D eigenvalue weighted by atomic mass is 32.2. The Labute approximate surface area is 131 Å². The molecular formula is C18H22N2S. The molecule has 0 amide bonds. The largest absolute Gasteiger partial charge is 0.231 e. The first-order chi connectivity index (χ1) is 10.4. The van der Waals surface area contributed by atoms with Crippen molar-refractivity contribution in [2.75, 3.05) is 13.1 Å². The predicted octanol–water partition coefficient (Wildman–Crippen LogP) is 4.60. The van der Waals surface area contributed by atoms with E-state index in [1.54, 1.807) is 0 Å². The van der Waals surface area contributed by atoms with Gasteiger partial charge in [-0.1, -0.05) is 55.0 Å². The first-order valence-corrected chi connectivity index (χ1v) is 8.48. The summed E-state index contributed by atoms with van der Waals surface area (Å²) in [6, 6.07) is 21.4. The van der Waals surface area contributed by atoms with Crippen LogP contribution in [0.5, 0.6) is 0 Å². The monoisotopic (exact) mass is 298 g/mol. The van der Waals surface area contributed by atoms with E-state index in [9.17, 15) is 0 Å². The molecule has 0 unspecified atom stereocenters. The van der Waals surface area contributed by atoms with Crippen molar-refractivity contribution in [3.05, 3.63) is 66.2 Å². The van der Waals surface area contributed by atoms with Gasteiger partial charge in [-0.05, 0) is 42.5 Å². The summed E-state index contributed by atoms with van der Waals surface area (Å²) in [4.78, 5) is 1.30. The number of hydrazine groups is 1. The zero-order chi connectivity index (χ0) is 14.3. The van der Waals surface area contributed by atoms with Crippen molar-refractivity contribution < 1.29 is 0 Å². The van der Waals surface area contributed by atoms with Gasteiger partial charge in [-0.15, -0.1) is 0 Å². The van der Waals surface area contributed by atoms with Gasteiger partial charge in [0.15, 0.2) is 0 Å². The van der Waals surface area contributed by atoms with E-state index < -0.39 is 0 Å². The third-order valence-electron chi connectivity index (χ3n) is 3.76. The number of hydrogen-bond donors (Lipinski definition) is 0. The summed E-state index contributed by atoms with van der Waals surface area (Å²) in [5.41, 5.74) is 1.37. The van der Waals surface area contributed by atoms with Crippen molar-refractivity contribution in [3.63, 3.8) is 0 Å². The van der Waals surface area contributed by atoms with Crippen LogP contribution in [0.2, 0.25) is 0 Å². The summed E-state index contributed by atoms with van der Waals surface area (Å²) in [5.74, 6) is 0. The van der Waals surface area contributed by atoms with Crippen LogP contribution in [0.3, 0.4) is 0 Å². The summed E-state index contributed by atoms with van der Waals surface area (Å²) in [5, 5.41) is 2.51.